The Labute approximate surface area is 192 Å². The molecule has 12 heteroatoms. The molecule has 1 aliphatic rings. The van der Waals surface area contributed by atoms with Crippen molar-refractivity contribution in [1.29, 1.82) is 0 Å². The standard InChI is InChI=1S/C21H26N4O7S/c1-3-23(15-21(26)22-17-6-4-5-7-20(17)31-2)18-9-8-16(14-19(18)25(27)28)33(29,30)24-10-12-32-13-11-24/h4-9,14H,3,10-13,15H2,1-2H3,(H,22,26). The summed E-state index contributed by atoms with van der Waals surface area (Å²) in [6.07, 6.45) is 0. The molecule has 2 aromatic rings. The second-order valence-corrected chi connectivity index (χ2v) is 9.12. The monoisotopic (exact) mass is 478 g/mol. The predicted molar refractivity (Wildman–Crippen MR) is 122 cm³/mol. The third-order valence-electron chi connectivity index (χ3n) is 5.19. The van der Waals surface area contributed by atoms with Gasteiger partial charge in [0, 0.05) is 25.7 Å². The third kappa shape index (κ3) is 5.59. The summed E-state index contributed by atoms with van der Waals surface area (Å²) in [7, 11) is -2.42. The van der Waals surface area contributed by atoms with Gasteiger partial charge in [-0.3, -0.25) is 14.9 Å². The van der Waals surface area contributed by atoms with E-state index in [1.54, 1.807) is 31.2 Å². The zero-order chi connectivity index (χ0) is 24.0. The van der Waals surface area contributed by atoms with Gasteiger partial charge >= 0.3 is 0 Å². The fraction of sp³-hybridized carbons (Fsp3) is 0.381. The van der Waals surface area contributed by atoms with Gasteiger partial charge < -0.3 is 19.7 Å². The number of likely N-dealkylation sites (N-methyl/N-ethyl adjacent to an activating group) is 1. The number of carbonyl (C=O) groups is 1. The number of rotatable bonds is 9. The van der Waals surface area contributed by atoms with Crippen LogP contribution in [0.15, 0.2) is 47.4 Å². The lowest BCUT2D eigenvalue weighted by atomic mass is 10.2. The van der Waals surface area contributed by atoms with Gasteiger partial charge in [0.1, 0.15) is 11.4 Å². The number of para-hydroxylation sites is 2. The van der Waals surface area contributed by atoms with E-state index in [9.17, 15) is 23.3 Å². The summed E-state index contributed by atoms with van der Waals surface area (Å²) in [4.78, 5) is 25.1. The summed E-state index contributed by atoms with van der Waals surface area (Å²) in [5.74, 6) is 0.0817. The molecule has 1 N–H and O–H groups in total. The largest absolute Gasteiger partial charge is 0.495 e. The topological polar surface area (TPSA) is 131 Å². The minimum atomic E-state index is -3.90. The Morgan fingerprint density at radius 1 is 1.24 bits per heavy atom. The lowest BCUT2D eigenvalue weighted by Crippen LogP contribution is -2.40. The molecule has 1 fully saturated rings. The highest BCUT2D eigenvalue weighted by molar-refractivity contribution is 7.89. The van der Waals surface area contributed by atoms with E-state index in [1.807, 2.05) is 0 Å². The van der Waals surface area contributed by atoms with Crippen LogP contribution in [0.25, 0.3) is 0 Å². The summed E-state index contributed by atoms with van der Waals surface area (Å²) in [6.45, 7) is 2.76. The van der Waals surface area contributed by atoms with Crippen LogP contribution in [0.2, 0.25) is 0 Å². The molecule has 2 aromatic carbocycles. The van der Waals surface area contributed by atoms with E-state index in [0.717, 1.165) is 6.07 Å². The third-order valence-corrected chi connectivity index (χ3v) is 7.08. The van der Waals surface area contributed by atoms with Crippen molar-refractivity contribution >= 4 is 33.0 Å². The van der Waals surface area contributed by atoms with E-state index in [-0.39, 0.29) is 50.0 Å². The van der Waals surface area contributed by atoms with E-state index in [4.69, 9.17) is 9.47 Å². The number of morpholine rings is 1. The molecule has 1 heterocycles. The van der Waals surface area contributed by atoms with Crippen LogP contribution < -0.4 is 15.0 Å². The average Bonchev–Trinajstić information content (AvgIpc) is 2.83. The van der Waals surface area contributed by atoms with Gasteiger partial charge in [0.05, 0.1) is 42.4 Å². The van der Waals surface area contributed by atoms with Gasteiger partial charge in [-0.25, -0.2) is 8.42 Å². The highest BCUT2D eigenvalue weighted by Gasteiger charge is 2.30. The van der Waals surface area contributed by atoms with Crippen LogP contribution in [0.3, 0.4) is 0 Å². The SMILES string of the molecule is CCN(CC(=O)Nc1ccccc1OC)c1ccc(S(=O)(=O)N2CCOCC2)cc1[N+](=O)[O-]. The van der Waals surface area contributed by atoms with Crippen molar-refractivity contribution in [3.8, 4) is 5.75 Å². The first-order valence-corrected chi connectivity index (χ1v) is 11.8. The number of benzene rings is 2. The zero-order valence-corrected chi connectivity index (χ0v) is 19.2. The van der Waals surface area contributed by atoms with E-state index >= 15 is 0 Å². The molecule has 0 atom stereocenters. The number of nitrogens with one attached hydrogen (secondary N) is 1. The van der Waals surface area contributed by atoms with Crippen LogP contribution in [0.4, 0.5) is 17.1 Å². The first kappa shape index (κ1) is 24.4. The molecule has 1 aliphatic heterocycles. The number of nitro benzene ring substituents is 1. The molecule has 3 rings (SSSR count). The molecule has 1 amide bonds. The minimum absolute atomic E-state index is 0.151. The summed E-state index contributed by atoms with van der Waals surface area (Å²) >= 11 is 0. The van der Waals surface area contributed by atoms with Crippen LogP contribution in [0.1, 0.15) is 6.92 Å². The lowest BCUT2D eigenvalue weighted by Gasteiger charge is -2.26. The highest BCUT2D eigenvalue weighted by atomic mass is 32.2. The maximum absolute atomic E-state index is 12.9. The number of carbonyl (C=O) groups excluding carboxylic acids is 1. The van der Waals surface area contributed by atoms with Crippen molar-refractivity contribution in [3.05, 3.63) is 52.6 Å². The minimum Gasteiger partial charge on any atom is -0.495 e. The Morgan fingerprint density at radius 3 is 2.58 bits per heavy atom. The number of methoxy groups -OCH3 is 1. The highest BCUT2D eigenvalue weighted by Crippen LogP contribution is 2.32. The molecule has 1 saturated heterocycles. The van der Waals surface area contributed by atoms with E-state index < -0.39 is 26.5 Å². The van der Waals surface area contributed by atoms with Crippen molar-refractivity contribution in [3.63, 3.8) is 0 Å². The number of hydrogen-bond donors (Lipinski definition) is 1. The van der Waals surface area contributed by atoms with Crippen molar-refractivity contribution < 1.29 is 27.6 Å². The molecule has 0 spiro atoms. The summed E-state index contributed by atoms with van der Waals surface area (Å²) in [6, 6.07) is 10.6. The molecule has 0 unspecified atom stereocenters. The normalized spacial score (nSPS) is 14.5. The van der Waals surface area contributed by atoms with Gasteiger partial charge in [-0.2, -0.15) is 4.31 Å². The number of ether oxygens (including phenoxy) is 2. The molecule has 0 saturated carbocycles. The van der Waals surface area contributed by atoms with Crippen LogP contribution in [0.5, 0.6) is 5.75 Å². The van der Waals surface area contributed by atoms with Gasteiger partial charge in [0.15, 0.2) is 0 Å². The van der Waals surface area contributed by atoms with Crippen molar-refractivity contribution in [2.75, 3.05) is 56.7 Å². The molecule has 0 aliphatic carbocycles. The molecular formula is C21H26N4O7S. The van der Waals surface area contributed by atoms with Crippen molar-refractivity contribution in [2.45, 2.75) is 11.8 Å². The zero-order valence-electron chi connectivity index (χ0n) is 18.4. The number of nitro groups is 1. The summed E-state index contributed by atoms with van der Waals surface area (Å²) < 4.78 is 37.5. The van der Waals surface area contributed by atoms with Crippen LogP contribution in [0, 0.1) is 10.1 Å². The smallest absolute Gasteiger partial charge is 0.293 e. The van der Waals surface area contributed by atoms with E-state index in [2.05, 4.69) is 5.32 Å². The molecule has 178 valence electrons. The fourth-order valence-electron chi connectivity index (χ4n) is 3.49. The molecular weight excluding hydrogens is 452 g/mol. The fourth-order valence-corrected chi connectivity index (χ4v) is 4.92. The Morgan fingerprint density at radius 2 is 1.94 bits per heavy atom. The maximum atomic E-state index is 12.9. The maximum Gasteiger partial charge on any atom is 0.293 e. The molecule has 0 aromatic heterocycles. The number of hydrogen-bond acceptors (Lipinski definition) is 8. The first-order valence-electron chi connectivity index (χ1n) is 10.3. The average molecular weight is 479 g/mol. The Hall–Kier alpha value is -3.22. The molecule has 0 radical (unpaired) electrons. The van der Waals surface area contributed by atoms with E-state index in [0.29, 0.717) is 11.4 Å². The Balaban J connectivity index is 1.85. The number of sulfonamides is 1. The Bertz CT molecular complexity index is 1120. The van der Waals surface area contributed by atoms with Gasteiger partial charge in [-0.05, 0) is 31.2 Å². The van der Waals surface area contributed by atoms with Gasteiger partial charge in [0.25, 0.3) is 5.69 Å². The van der Waals surface area contributed by atoms with Gasteiger partial charge in [0.2, 0.25) is 15.9 Å². The van der Waals surface area contributed by atoms with Crippen molar-refractivity contribution in [1.82, 2.24) is 4.31 Å². The number of amides is 1. The number of nitrogens with zero attached hydrogens (tertiary/aromatic N) is 3. The van der Waals surface area contributed by atoms with E-state index in [1.165, 1.54) is 28.4 Å². The van der Waals surface area contributed by atoms with Crippen molar-refractivity contribution in [2.24, 2.45) is 0 Å². The summed E-state index contributed by atoms with van der Waals surface area (Å²) in [5.41, 5.74) is 0.234. The molecule has 11 nitrogen and oxygen atoms in total. The second-order valence-electron chi connectivity index (χ2n) is 7.19. The molecule has 33 heavy (non-hydrogen) atoms. The van der Waals surface area contributed by atoms with Gasteiger partial charge in [-0.1, -0.05) is 12.1 Å². The summed E-state index contributed by atoms with van der Waals surface area (Å²) in [5, 5.41) is 14.5. The lowest BCUT2D eigenvalue weighted by molar-refractivity contribution is -0.384. The van der Waals surface area contributed by atoms with Crippen LogP contribution >= 0.6 is 0 Å². The molecule has 0 bridgehead atoms. The van der Waals surface area contributed by atoms with Gasteiger partial charge in [-0.15, -0.1) is 0 Å². The van der Waals surface area contributed by atoms with Crippen LogP contribution in [-0.4, -0.2) is 70.1 Å². The quantitative estimate of drug-likeness (QED) is 0.428. The second kappa shape index (κ2) is 10.6. The van der Waals surface area contributed by atoms with Crippen LogP contribution in [-0.2, 0) is 19.6 Å². The first-order chi connectivity index (χ1) is 15.8. The number of anilines is 2. The Kier molecular flexibility index (Phi) is 7.84. The predicted octanol–water partition coefficient (Wildman–Crippen LogP) is 2.09.